The van der Waals surface area contributed by atoms with Gasteiger partial charge in [0.1, 0.15) is 5.75 Å². The number of benzene rings is 3. The smallest absolute Gasteiger partial charge is 0.260 e. The van der Waals surface area contributed by atoms with Gasteiger partial charge in [-0.15, -0.1) is 0 Å². The van der Waals surface area contributed by atoms with Crippen LogP contribution in [0.3, 0.4) is 0 Å². The van der Waals surface area contributed by atoms with E-state index in [-0.39, 0.29) is 5.91 Å². The standard InChI is InChI=1S/C22H17BrN2O2S/c1-27-18-11-12-20-19(13-18)24-22(28-20)25(14-15-5-3-2-4-6-15)21(26)16-7-9-17(23)10-8-16/h2-13H,14H2,1H3. The number of rotatable bonds is 5. The SMILES string of the molecule is COc1ccc2sc(N(Cc3ccccc3)C(=O)c3ccc(Br)cc3)nc2c1. The Morgan fingerprint density at radius 3 is 2.54 bits per heavy atom. The van der Waals surface area contributed by atoms with Crippen molar-refractivity contribution in [2.24, 2.45) is 0 Å². The third-order valence-electron chi connectivity index (χ3n) is 4.33. The first kappa shape index (κ1) is 18.7. The highest BCUT2D eigenvalue weighted by Gasteiger charge is 2.22. The van der Waals surface area contributed by atoms with Crippen LogP contribution >= 0.6 is 27.3 Å². The summed E-state index contributed by atoms with van der Waals surface area (Å²) in [6.45, 7) is 0.451. The first-order valence-corrected chi connectivity index (χ1v) is 10.3. The average Bonchev–Trinajstić information content (AvgIpc) is 3.15. The molecule has 0 saturated carbocycles. The molecule has 140 valence electrons. The maximum absolute atomic E-state index is 13.3. The lowest BCUT2D eigenvalue weighted by molar-refractivity contribution is 0.0985. The predicted molar refractivity (Wildman–Crippen MR) is 117 cm³/mol. The summed E-state index contributed by atoms with van der Waals surface area (Å²) < 4.78 is 7.24. The van der Waals surface area contributed by atoms with Crippen molar-refractivity contribution in [2.45, 2.75) is 6.54 Å². The average molecular weight is 453 g/mol. The Kier molecular flexibility index (Phi) is 5.41. The minimum absolute atomic E-state index is 0.0811. The van der Waals surface area contributed by atoms with Crippen LogP contribution in [0.1, 0.15) is 15.9 Å². The van der Waals surface area contributed by atoms with Gasteiger partial charge < -0.3 is 4.74 Å². The molecular weight excluding hydrogens is 436 g/mol. The van der Waals surface area contributed by atoms with Gasteiger partial charge in [-0.05, 0) is 42.0 Å². The van der Waals surface area contributed by atoms with Crippen LogP contribution in [0.2, 0.25) is 0 Å². The van der Waals surface area contributed by atoms with Crippen LogP contribution in [0.5, 0.6) is 5.75 Å². The van der Waals surface area contributed by atoms with Crippen molar-refractivity contribution in [3.8, 4) is 5.75 Å². The number of amides is 1. The molecule has 0 aliphatic carbocycles. The molecule has 0 fully saturated rings. The quantitative estimate of drug-likeness (QED) is 0.377. The van der Waals surface area contributed by atoms with Crippen molar-refractivity contribution in [3.63, 3.8) is 0 Å². The minimum Gasteiger partial charge on any atom is -0.497 e. The molecule has 4 nitrogen and oxygen atoms in total. The Balaban J connectivity index is 1.75. The van der Waals surface area contributed by atoms with Crippen molar-refractivity contribution >= 4 is 48.5 Å². The molecule has 3 aromatic carbocycles. The molecule has 0 unspecified atom stereocenters. The highest BCUT2D eigenvalue weighted by Crippen LogP contribution is 2.33. The second-order valence-electron chi connectivity index (χ2n) is 6.21. The third-order valence-corrected chi connectivity index (χ3v) is 5.92. The van der Waals surface area contributed by atoms with Gasteiger partial charge >= 0.3 is 0 Å². The number of fused-ring (bicyclic) bond motifs is 1. The Morgan fingerprint density at radius 2 is 1.82 bits per heavy atom. The maximum Gasteiger partial charge on any atom is 0.260 e. The van der Waals surface area contributed by atoms with Gasteiger partial charge in [-0.3, -0.25) is 9.69 Å². The molecule has 0 spiro atoms. The monoisotopic (exact) mass is 452 g/mol. The molecule has 1 heterocycles. The van der Waals surface area contributed by atoms with Gasteiger partial charge in [0.2, 0.25) is 0 Å². The molecule has 0 saturated heterocycles. The van der Waals surface area contributed by atoms with Crippen LogP contribution in [-0.2, 0) is 6.54 Å². The van der Waals surface area contributed by atoms with Crippen molar-refractivity contribution in [2.75, 3.05) is 12.0 Å². The van der Waals surface area contributed by atoms with Gasteiger partial charge in [0, 0.05) is 16.1 Å². The second-order valence-corrected chi connectivity index (χ2v) is 8.14. The zero-order valence-corrected chi connectivity index (χ0v) is 17.5. The number of methoxy groups -OCH3 is 1. The highest BCUT2D eigenvalue weighted by molar-refractivity contribution is 9.10. The molecule has 1 amide bonds. The summed E-state index contributed by atoms with van der Waals surface area (Å²) >= 11 is 4.92. The lowest BCUT2D eigenvalue weighted by atomic mass is 10.1. The number of carbonyl (C=O) groups is 1. The van der Waals surface area contributed by atoms with Crippen molar-refractivity contribution in [1.82, 2.24) is 4.98 Å². The first-order valence-electron chi connectivity index (χ1n) is 8.70. The fraction of sp³-hybridized carbons (Fsp3) is 0.0909. The van der Waals surface area contributed by atoms with Gasteiger partial charge in [-0.2, -0.15) is 0 Å². The summed E-state index contributed by atoms with van der Waals surface area (Å²) in [6.07, 6.45) is 0. The van der Waals surface area contributed by atoms with Crippen LogP contribution in [-0.4, -0.2) is 18.0 Å². The van der Waals surface area contributed by atoms with E-state index in [1.807, 2.05) is 72.8 Å². The van der Waals surface area contributed by atoms with Gasteiger partial charge in [-0.25, -0.2) is 4.98 Å². The molecule has 0 aliphatic heterocycles. The topological polar surface area (TPSA) is 42.4 Å². The first-order chi connectivity index (χ1) is 13.6. The van der Waals surface area contributed by atoms with Crippen LogP contribution < -0.4 is 9.64 Å². The zero-order chi connectivity index (χ0) is 19.5. The van der Waals surface area contributed by atoms with E-state index in [1.54, 1.807) is 12.0 Å². The lowest BCUT2D eigenvalue weighted by Crippen LogP contribution is -2.30. The van der Waals surface area contributed by atoms with Gasteiger partial charge in [0.05, 0.1) is 23.9 Å². The number of halogens is 1. The van der Waals surface area contributed by atoms with Crippen LogP contribution in [0.4, 0.5) is 5.13 Å². The Labute approximate surface area is 175 Å². The predicted octanol–water partition coefficient (Wildman–Crippen LogP) is 5.91. The van der Waals surface area contributed by atoms with Crippen LogP contribution in [0.15, 0.2) is 77.3 Å². The molecule has 0 radical (unpaired) electrons. The lowest BCUT2D eigenvalue weighted by Gasteiger charge is -2.20. The summed E-state index contributed by atoms with van der Waals surface area (Å²) in [5.74, 6) is 0.667. The molecule has 0 aliphatic rings. The van der Waals surface area contributed by atoms with E-state index < -0.39 is 0 Å². The number of carbonyl (C=O) groups excluding carboxylic acids is 1. The number of ether oxygens (including phenoxy) is 1. The molecule has 0 N–H and O–H groups in total. The van der Waals surface area contributed by atoms with E-state index in [0.717, 1.165) is 26.0 Å². The number of nitrogens with zero attached hydrogens (tertiary/aromatic N) is 2. The highest BCUT2D eigenvalue weighted by atomic mass is 79.9. The number of thiazole rings is 1. The van der Waals surface area contributed by atoms with Crippen LogP contribution in [0, 0.1) is 0 Å². The summed E-state index contributed by atoms with van der Waals surface area (Å²) in [5, 5.41) is 0.667. The summed E-state index contributed by atoms with van der Waals surface area (Å²) in [5.41, 5.74) is 2.49. The van der Waals surface area contributed by atoms with E-state index in [0.29, 0.717) is 17.2 Å². The summed E-state index contributed by atoms with van der Waals surface area (Å²) in [4.78, 5) is 19.8. The molecule has 28 heavy (non-hydrogen) atoms. The molecule has 4 rings (SSSR count). The van der Waals surface area contributed by atoms with Gasteiger partial charge in [0.25, 0.3) is 5.91 Å². The maximum atomic E-state index is 13.3. The van der Waals surface area contributed by atoms with Crippen LogP contribution in [0.25, 0.3) is 10.2 Å². The van der Waals surface area contributed by atoms with Crippen molar-refractivity contribution < 1.29 is 9.53 Å². The van der Waals surface area contributed by atoms with E-state index in [1.165, 1.54) is 11.3 Å². The Bertz CT molecular complexity index is 1110. The molecule has 1 aromatic heterocycles. The van der Waals surface area contributed by atoms with Gasteiger partial charge in [-0.1, -0.05) is 57.6 Å². The second kappa shape index (κ2) is 8.12. The summed E-state index contributed by atoms with van der Waals surface area (Å²) in [6, 6.07) is 23.1. The third kappa shape index (κ3) is 3.93. The van der Waals surface area contributed by atoms with E-state index in [4.69, 9.17) is 9.72 Å². The van der Waals surface area contributed by atoms with Crippen molar-refractivity contribution in [3.05, 3.63) is 88.4 Å². The molecule has 0 bridgehead atoms. The molecule has 0 atom stereocenters. The fourth-order valence-electron chi connectivity index (χ4n) is 2.88. The van der Waals surface area contributed by atoms with E-state index in [2.05, 4.69) is 15.9 Å². The Hall–Kier alpha value is -2.70. The summed E-state index contributed by atoms with van der Waals surface area (Å²) in [7, 11) is 1.63. The Morgan fingerprint density at radius 1 is 1.07 bits per heavy atom. The zero-order valence-electron chi connectivity index (χ0n) is 15.1. The number of hydrogen-bond donors (Lipinski definition) is 0. The fourth-order valence-corrected chi connectivity index (χ4v) is 4.09. The normalized spacial score (nSPS) is 10.8. The largest absolute Gasteiger partial charge is 0.497 e. The van der Waals surface area contributed by atoms with E-state index in [9.17, 15) is 4.79 Å². The molecule has 6 heteroatoms. The van der Waals surface area contributed by atoms with Gasteiger partial charge in [0.15, 0.2) is 5.13 Å². The molecular formula is C22H17BrN2O2S. The molecule has 4 aromatic rings. The number of aromatic nitrogens is 1. The minimum atomic E-state index is -0.0811. The number of anilines is 1. The van der Waals surface area contributed by atoms with E-state index >= 15 is 0 Å². The number of hydrogen-bond acceptors (Lipinski definition) is 4. The van der Waals surface area contributed by atoms with Crippen molar-refractivity contribution in [1.29, 1.82) is 0 Å².